The Kier molecular flexibility index (Phi) is 5.41. The van der Waals surface area contributed by atoms with Crippen molar-refractivity contribution in [1.29, 1.82) is 0 Å². The van der Waals surface area contributed by atoms with Crippen LogP contribution in [0.1, 0.15) is 22.8 Å². The fourth-order valence-electron chi connectivity index (χ4n) is 2.29. The number of carbonyl (C=O) groups excluding carboxylic acids is 1. The van der Waals surface area contributed by atoms with Gasteiger partial charge in [-0.05, 0) is 30.7 Å². The molecule has 1 heterocycles. The second-order valence-corrected chi connectivity index (χ2v) is 4.96. The highest BCUT2D eigenvalue weighted by Crippen LogP contribution is 2.28. The molecule has 0 bridgehead atoms. The van der Waals surface area contributed by atoms with Crippen LogP contribution in [0.3, 0.4) is 0 Å². The van der Waals surface area contributed by atoms with Crippen LogP contribution in [0.15, 0.2) is 42.7 Å². The molecule has 6 nitrogen and oxygen atoms in total. The molecule has 0 aliphatic carbocycles. The normalized spacial score (nSPS) is 10.2. The van der Waals surface area contributed by atoms with Crippen molar-refractivity contribution in [2.75, 3.05) is 20.8 Å². The quantitative estimate of drug-likeness (QED) is 0.604. The van der Waals surface area contributed by atoms with Crippen LogP contribution in [0.4, 0.5) is 0 Å². The molecule has 0 saturated heterocycles. The summed E-state index contributed by atoms with van der Waals surface area (Å²) in [4.78, 5) is 14.2. The summed E-state index contributed by atoms with van der Waals surface area (Å²) < 4.78 is 11.1. The maximum atomic E-state index is 12.5. The Morgan fingerprint density at radius 1 is 1.22 bits per heavy atom. The van der Waals surface area contributed by atoms with Crippen LogP contribution in [0.2, 0.25) is 0 Å². The minimum atomic E-state index is -0.188. The molecule has 0 fully saturated rings. The molecule has 23 heavy (non-hydrogen) atoms. The number of methoxy groups -OCH3 is 2. The lowest BCUT2D eigenvalue weighted by Crippen LogP contribution is -2.33. The van der Waals surface area contributed by atoms with Crippen molar-refractivity contribution in [1.82, 2.24) is 4.90 Å². The van der Waals surface area contributed by atoms with Crippen LogP contribution in [0.5, 0.6) is 11.5 Å². The van der Waals surface area contributed by atoms with Gasteiger partial charge in [-0.2, -0.15) is 4.73 Å². The lowest BCUT2D eigenvalue weighted by Gasteiger charge is -2.21. The Bertz CT molecular complexity index is 688. The van der Waals surface area contributed by atoms with Gasteiger partial charge in [-0.15, -0.1) is 0 Å². The number of ether oxygens (including phenoxy) is 2. The number of pyridine rings is 1. The molecule has 0 N–H and O–H groups in total. The van der Waals surface area contributed by atoms with Crippen molar-refractivity contribution >= 4 is 5.91 Å². The van der Waals surface area contributed by atoms with Gasteiger partial charge in [0.2, 0.25) is 0 Å². The second kappa shape index (κ2) is 7.49. The Morgan fingerprint density at radius 3 is 2.57 bits per heavy atom. The highest BCUT2D eigenvalue weighted by atomic mass is 16.5. The van der Waals surface area contributed by atoms with Crippen molar-refractivity contribution in [2.45, 2.75) is 13.5 Å². The van der Waals surface area contributed by atoms with E-state index in [1.807, 2.05) is 19.1 Å². The van der Waals surface area contributed by atoms with E-state index in [1.165, 1.54) is 12.4 Å². The molecule has 2 rings (SSSR count). The number of hydrogen-bond acceptors (Lipinski definition) is 4. The van der Waals surface area contributed by atoms with E-state index >= 15 is 0 Å². The number of rotatable bonds is 6. The Hall–Kier alpha value is -2.76. The first kappa shape index (κ1) is 16.6. The standard InChI is InChI=1S/C17H20N2O4/c1-4-18(17(20)14-6-5-9-19(21)12-14)11-13-7-8-15(22-2)16(10-13)23-3/h5-10,12H,4,11H2,1-3H3. The Labute approximate surface area is 135 Å². The summed E-state index contributed by atoms with van der Waals surface area (Å²) in [6, 6.07) is 8.72. The topological polar surface area (TPSA) is 65.7 Å². The molecule has 0 atom stereocenters. The van der Waals surface area contributed by atoms with E-state index in [4.69, 9.17) is 9.47 Å². The van der Waals surface area contributed by atoms with Gasteiger partial charge in [-0.1, -0.05) is 6.07 Å². The van der Waals surface area contributed by atoms with E-state index < -0.39 is 0 Å². The smallest absolute Gasteiger partial charge is 0.260 e. The number of carbonyl (C=O) groups is 1. The van der Waals surface area contributed by atoms with Crippen molar-refractivity contribution in [3.63, 3.8) is 0 Å². The monoisotopic (exact) mass is 316 g/mol. The van der Waals surface area contributed by atoms with Gasteiger partial charge < -0.3 is 19.6 Å². The molecule has 2 aromatic rings. The molecular formula is C17H20N2O4. The SMILES string of the molecule is CCN(Cc1ccc(OC)c(OC)c1)C(=O)c1ccc[n+]([O-])c1. The third-order valence-corrected chi connectivity index (χ3v) is 3.51. The second-order valence-electron chi connectivity index (χ2n) is 4.96. The predicted octanol–water partition coefficient (Wildman–Crippen LogP) is 2.00. The first-order chi connectivity index (χ1) is 11.1. The maximum Gasteiger partial charge on any atom is 0.260 e. The summed E-state index contributed by atoms with van der Waals surface area (Å²) in [5, 5.41) is 11.3. The van der Waals surface area contributed by atoms with Crippen molar-refractivity contribution < 1.29 is 19.0 Å². The van der Waals surface area contributed by atoms with Gasteiger partial charge in [0.05, 0.1) is 14.2 Å². The van der Waals surface area contributed by atoms with Gasteiger partial charge in [0.25, 0.3) is 5.91 Å². The fraction of sp³-hybridized carbons (Fsp3) is 0.294. The highest BCUT2D eigenvalue weighted by Gasteiger charge is 2.17. The minimum absolute atomic E-state index is 0.188. The first-order valence-electron chi connectivity index (χ1n) is 7.28. The number of amides is 1. The zero-order valence-corrected chi connectivity index (χ0v) is 13.5. The molecule has 0 aliphatic rings. The van der Waals surface area contributed by atoms with Gasteiger partial charge in [0.15, 0.2) is 23.9 Å². The Balaban J connectivity index is 2.20. The molecule has 1 aromatic heterocycles. The largest absolute Gasteiger partial charge is 0.619 e. The summed E-state index contributed by atoms with van der Waals surface area (Å²) in [6.45, 7) is 2.84. The zero-order valence-electron chi connectivity index (χ0n) is 13.5. The minimum Gasteiger partial charge on any atom is -0.619 e. The number of nitrogens with zero attached hydrogens (tertiary/aromatic N) is 2. The van der Waals surface area contributed by atoms with Crippen LogP contribution in [0, 0.1) is 5.21 Å². The molecule has 1 amide bonds. The van der Waals surface area contributed by atoms with Crippen LogP contribution >= 0.6 is 0 Å². The fourth-order valence-corrected chi connectivity index (χ4v) is 2.29. The lowest BCUT2D eigenvalue weighted by atomic mass is 10.1. The van der Waals surface area contributed by atoms with E-state index in [0.717, 1.165) is 5.56 Å². The van der Waals surface area contributed by atoms with E-state index in [-0.39, 0.29) is 5.91 Å². The van der Waals surface area contributed by atoms with E-state index in [9.17, 15) is 10.0 Å². The number of hydrogen-bond donors (Lipinski definition) is 0. The van der Waals surface area contributed by atoms with Gasteiger partial charge in [-0.25, -0.2) is 0 Å². The van der Waals surface area contributed by atoms with E-state index in [0.29, 0.717) is 34.9 Å². The summed E-state index contributed by atoms with van der Waals surface area (Å²) in [5.41, 5.74) is 1.29. The Morgan fingerprint density at radius 2 is 1.96 bits per heavy atom. The van der Waals surface area contributed by atoms with Crippen molar-refractivity contribution in [3.05, 3.63) is 59.1 Å². The highest BCUT2D eigenvalue weighted by molar-refractivity contribution is 5.93. The zero-order chi connectivity index (χ0) is 16.8. The molecule has 6 heteroatoms. The van der Waals surface area contributed by atoms with Crippen molar-refractivity contribution in [2.24, 2.45) is 0 Å². The molecule has 1 aromatic carbocycles. The average Bonchev–Trinajstić information content (AvgIpc) is 2.58. The maximum absolute atomic E-state index is 12.5. The van der Waals surface area contributed by atoms with Crippen LogP contribution < -0.4 is 14.2 Å². The molecule has 0 saturated carbocycles. The predicted molar refractivity (Wildman–Crippen MR) is 85.4 cm³/mol. The molecule has 0 spiro atoms. The average molecular weight is 316 g/mol. The number of benzene rings is 1. The summed E-state index contributed by atoms with van der Waals surface area (Å²) in [7, 11) is 3.15. The van der Waals surface area contributed by atoms with Crippen molar-refractivity contribution in [3.8, 4) is 11.5 Å². The molecular weight excluding hydrogens is 296 g/mol. The molecule has 122 valence electrons. The lowest BCUT2D eigenvalue weighted by molar-refractivity contribution is -0.605. The third kappa shape index (κ3) is 3.91. The first-order valence-corrected chi connectivity index (χ1v) is 7.28. The summed E-state index contributed by atoms with van der Waals surface area (Å²) in [5.74, 6) is 1.07. The van der Waals surface area contributed by atoms with Gasteiger partial charge in [-0.3, -0.25) is 4.79 Å². The summed E-state index contributed by atoms with van der Waals surface area (Å²) in [6.07, 6.45) is 2.63. The third-order valence-electron chi connectivity index (χ3n) is 3.51. The molecule has 0 unspecified atom stereocenters. The van der Waals surface area contributed by atoms with Crippen LogP contribution in [-0.4, -0.2) is 31.6 Å². The van der Waals surface area contributed by atoms with Gasteiger partial charge in [0.1, 0.15) is 5.56 Å². The van der Waals surface area contributed by atoms with E-state index in [2.05, 4.69) is 0 Å². The molecule has 0 radical (unpaired) electrons. The van der Waals surface area contributed by atoms with Gasteiger partial charge >= 0.3 is 0 Å². The molecule has 0 aliphatic heterocycles. The van der Waals surface area contributed by atoms with Crippen LogP contribution in [-0.2, 0) is 6.54 Å². The van der Waals surface area contributed by atoms with E-state index in [1.54, 1.807) is 37.3 Å². The van der Waals surface area contributed by atoms with Gasteiger partial charge in [0, 0.05) is 19.2 Å². The summed E-state index contributed by atoms with van der Waals surface area (Å²) >= 11 is 0. The number of aromatic nitrogens is 1. The van der Waals surface area contributed by atoms with Crippen LogP contribution in [0.25, 0.3) is 0 Å².